The fraction of sp³-hybridized carbons (Fsp3) is 0.600. The summed E-state index contributed by atoms with van der Waals surface area (Å²) in [4.78, 5) is 1.36. The fourth-order valence-corrected chi connectivity index (χ4v) is 3.43. The molecule has 102 valence electrons. The van der Waals surface area contributed by atoms with E-state index in [0.29, 0.717) is 0 Å². The SMILES string of the molecule is CCCNCc1ccc(SCCC(C)C)cc1Br. The first-order valence-corrected chi connectivity index (χ1v) is 8.53. The van der Waals surface area contributed by atoms with Crippen molar-refractivity contribution in [3.63, 3.8) is 0 Å². The van der Waals surface area contributed by atoms with Gasteiger partial charge in [-0.25, -0.2) is 0 Å². The van der Waals surface area contributed by atoms with E-state index in [4.69, 9.17) is 0 Å². The summed E-state index contributed by atoms with van der Waals surface area (Å²) in [6, 6.07) is 6.71. The van der Waals surface area contributed by atoms with Crippen molar-refractivity contribution in [2.24, 2.45) is 5.92 Å². The normalized spacial score (nSPS) is 11.2. The van der Waals surface area contributed by atoms with E-state index in [1.54, 1.807) is 0 Å². The second-order valence-corrected chi connectivity index (χ2v) is 6.98. The zero-order valence-corrected chi connectivity index (χ0v) is 14.0. The Kier molecular flexibility index (Phi) is 8.03. The Balaban J connectivity index is 2.45. The van der Waals surface area contributed by atoms with Gasteiger partial charge in [-0.1, -0.05) is 42.8 Å². The molecule has 0 radical (unpaired) electrons. The van der Waals surface area contributed by atoms with Crippen molar-refractivity contribution in [3.8, 4) is 0 Å². The summed E-state index contributed by atoms with van der Waals surface area (Å²) >= 11 is 5.62. The first-order chi connectivity index (χ1) is 8.63. The zero-order chi connectivity index (χ0) is 13.4. The summed E-state index contributed by atoms with van der Waals surface area (Å²) in [7, 11) is 0. The van der Waals surface area contributed by atoms with Crippen LogP contribution in [-0.4, -0.2) is 12.3 Å². The second-order valence-electron chi connectivity index (χ2n) is 4.96. The van der Waals surface area contributed by atoms with Crippen LogP contribution in [-0.2, 0) is 6.54 Å². The Bertz CT molecular complexity index is 352. The average Bonchev–Trinajstić information content (AvgIpc) is 2.31. The van der Waals surface area contributed by atoms with Crippen LogP contribution in [0.4, 0.5) is 0 Å². The van der Waals surface area contributed by atoms with E-state index in [9.17, 15) is 0 Å². The van der Waals surface area contributed by atoms with E-state index >= 15 is 0 Å². The topological polar surface area (TPSA) is 12.0 Å². The summed E-state index contributed by atoms with van der Waals surface area (Å²) in [5.74, 6) is 2.00. The molecule has 0 aliphatic rings. The predicted octanol–water partition coefficient (Wildman–Crippen LogP) is 5.09. The van der Waals surface area contributed by atoms with Crippen LogP contribution in [0.2, 0.25) is 0 Å². The molecule has 1 aromatic carbocycles. The molecule has 0 saturated heterocycles. The maximum absolute atomic E-state index is 3.67. The lowest BCUT2D eigenvalue weighted by molar-refractivity contribution is 0.632. The standard InChI is InChI=1S/C15H24BrNS/c1-4-8-17-11-13-5-6-14(10-15(13)16)18-9-7-12(2)3/h5-6,10,12,17H,4,7-9,11H2,1-3H3. The van der Waals surface area contributed by atoms with Gasteiger partial charge in [0.05, 0.1) is 0 Å². The highest BCUT2D eigenvalue weighted by atomic mass is 79.9. The minimum atomic E-state index is 0.790. The molecular formula is C15H24BrNS. The molecule has 0 heterocycles. The smallest absolute Gasteiger partial charge is 0.0231 e. The van der Waals surface area contributed by atoms with Gasteiger partial charge in [0.15, 0.2) is 0 Å². The molecule has 0 amide bonds. The molecule has 1 aromatic rings. The highest BCUT2D eigenvalue weighted by molar-refractivity contribution is 9.10. The summed E-state index contributed by atoms with van der Waals surface area (Å²) in [5.41, 5.74) is 1.34. The van der Waals surface area contributed by atoms with Gasteiger partial charge < -0.3 is 5.32 Å². The predicted molar refractivity (Wildman–Crippen MR) is 86.3 cm³/mol. The van der Waals surface area contributed by atoms with E-state index in [0.717, 1.165) is 19.0 Å². The van der Waals surface area contributed by atoms with E-state index < -0.39 is 0 Å². The van der Waals surface area contributed by atoms with Gasteiger partial charge in [-0.3, -0.25) is 0 Å². The minimum absolute atomic E-state index is 0.790. The molecule has 0 saturated carbocycles. The van der Waals surface area contributed by atoms with Crippen LogP contribution in [0.5, 0.6) is 0 Å². The van der Waals surface area contributed by atoms with Crippen molar-refractivity contribution in [2.75, 3.05) is 12.3 Å². The quantitative estimate of drug-likeness (QED) is 0.526. The van der Waals surface area contributed by atoms with Gasteiger partial charge in [0.1, 0.15) is 0 Å². The van der Waals surface area contributed by atoms with Gasteiger partial charge in [-0.15, -0.1) is 11.8 Å². The summed E-state index contributed by atoms with van der Waals surface area (Å²) in [6.07, 6.45) is 2.46. The average molecular weight is 330 g/mol. The molecule has 0 aliphatic carbocycles. The van der Waals surface area contributed by atoms with Crippen LogP contribution in [0.15, 0.2) is 27.6 Å². The molecule has 0 fully saturated rings. The van der Waals surface area contributed by atoms with Gasteiger partial charge in [-0.05, 0) is 48.8 Å². The van der Waals surface area contributed by atoms with Crippen LogP contribution in [0, 0.1) is 5.92 Å². The van der Waals surface area contributed by atoms with Crippen molar-refractivity contribution in [1.82, 2.24) is 5.32 Å². The highest BCUT2D eigenvalue weighted by Gasteiger charge is 2.02. The van der Waals surface area contributed by atoms with Gasteiger partial charge >= 0.3 is 0 Å². The Hall–Kier alpha value is 0.01000. The van der Waals surface area contributed by atoms with E-state index in [-0.39, 0.29) is 0 Å². The molecule has 0 bridgehead atoms. The van der Waals surface area contributed by atoms with Gasteiger partial charge in [-0.2, -0.15) is 0 Å². The van der Waals surface area contributed by atoms with Crippen molar-refractivity contribution in [3.05, 3.63) is 28.2 Å². The van der Waals surface area contributed by atoms with Gasteiger partial charge in [0.25, 0.3) is 0 Å². The molecule has 18 heavy (non-hydrogen) atoms. The van der Waals surface area contributed by atoms with Crippen molar-refractivity contribution >= 4 is 27.7 Å². The van der Waals surface area contributed by atoms with Gasteiger partial charge in [0, 0.05) is 15.9 Å². The highest BCUT2D eigenvalue weighted by Crippen LogP contribution is 2.26. The Morgan fingerprint density at radius 1 is 1.33 bits per heavy atom. The first kappa shape index (κ1) is 16.1. The molecular weight excluding hydrogens is 306 g/mol. The van der Waals surface area contributed by atoms with Crippen molar-refractivity contribution in [2.45, 2.75) is 45.1 Å². The largest absolute Gasteiger partial charge is 0.313 e. The molecule has 0 aromatic heterocycles. The van der Waals surface area contributed by atoms with Crippen LogP contribution in [0.3, 0.4) is 0 Å². The maximum Gasteiger partial charge on any atom is 0.0231 e. The molecule has 0 spiro atoms. The van der Waals surface area contributed by atoms with Gasteiger partial charge in [0.2, 0.25) is 0 Å². The minimum Gasteiger partial charge on any atom is -0.313 e. The third kappa shape index (κ3) is 6.26. The first-order valence-electron chi connectivity index (χ1n) is 6.75. The molecule has 0 unspecified atom stereocenters. The van der Waals surface area contributed by atoms with Crippen LogP contribution in [0.1, 0.15) is 39.2 Å². The Morgan fingerprint density at radius 2 is 2.11 bits per heavy atom. The van der Waals surface area contributed by atoms with Crippen LogP contribution in [0.25, 0.3) is 0 Å². The van der Waals surface area contributed by atoms with Crippen molar-refractivity contribution in [1.29, 1.82) is 0 Å². The van der Waals surface area contributed by atoms with Crippen molar-refractivity contribution < 1.29 is 0 Å². The Morgan fingerprint density at radius 3 is 2.72 bits per heavy atom. The number of hydrogen-bond donors (Lipinski definition) is 1. The Labute approximate surface area is 124 Å². The number of thioether (sulfide) groups is 1. The number of benzene rings is 1. The summed E-state index contributed by atoms with van der Waals surface area (Å²) in [5, 5.41) is 3.43. The molecule has 0 atom stereocenters. The lowest BCUT2D eigenvalue weighted by Gasteiger charge is -2.09. The number of rotatable bonds is 8. The van der Waals surface area contributed by atoms with E-state index in [2.05, 4.69) is 60.2 Å². The molecule has 1 rings (SSSR count). The van der Waals surface area contributed by atoms with E-state index in [1.165, 1.54) is 33.5 Å². The lowest BCUT2D eigenvalue weighted by Crippen LogP contribution is -2.14. The third-order valence-corrected chi connectivity index (χ3v) is 4.50. The number of halogens is 1. The summed E-state index contributed by atoms with van der Waals surface area (Å²) < 4.78 is 1.22. The molecule has 0 aliphatic heterocycles. The monoisotopic (exact) mass is 329 g/mol. The van der Waals surface area contributed by atoms with Crippen LogP contribution >= 0.6 is 27.7 Å². The fourth-order valence-electron chi connectivity index (χ4n) is 1.57. The van der Waals surface area contributed by atoms with Crippen LogP contribution < -0.4 is 5.32 Å². The summed E-state index contributed by atoms with van der Waals surface area (Å²) in [6.45, 7) is 8.77. The maximum atomic E-state index is 3.67. The number of nitrogens with one attached hydrogen (secondary N) is 1. The molecule has 3 heteroatoms. The second kappa shape index (κ2) is 9.00. The number of hydrogen-bond acceptors (Lipinski definition) is 2. The van der Waals surface area contributed by atoms with E-state index in [1.807, 2.05) is 11.8 Å². The lowest BCUT2D eigenvalue weighted by atomic mass is 10.2. The third-order valence-electron chi connectivity index (χ3n) is 2.73. The molecule has 1 N–H and O–H groups in total. The molecule has 1 nitrogen and oxygen atoms in total. The zero-order valence-electron chi connectivity index (χ0n) is 11.6.